The summed E-state index contributed by atoms with van der Waals surface area (Å²) in [7, 11) is 0. The van der Waals surface area contributed by atoms with Crippen LogP contribution in [0.5, 0.6) is 5.75 Å². The third kappa shape index (κ3) is 1.54. The van der Waals surface area contributed by atoms with Gasteiger partial charge in [-0.15, -0.1) is 0 Å². The molecule has 1 N–H and O–H groups in total. The van der Waals surface area contributed by atoms with Crippen molar-refractivity contribution in [2.24, 2.45) is 0 Å². The van der Waals surface area contributed by atoms with Crippen LogP contribution in [0.2, 0.25) is 0 Å². The number of benzene rings is 1. The molecule has 0 amide bonds. The van der Waals surface area contributed by atoms with Crippen molar-refractivity contribution in [2.75, 3.05) is 0 Å². The summed E-state index contributed by atoms with van der Waals surface area (Å²) in [5.74, 6) is -8.15. The molecule has 0 bridgehead atoms. The van der Waals surface area contributed by atoms with Crippen LogP contribution in [0.15, 0.2) is 0 Å². The van der Waals surface area contributed by atoms with Gasteiger partial charge in [0.2, 0.25) is 11.6 Å². The van der Waals surface area contributed by atoms with E-state index in [0.717, 1.165) is 0 Å². The predicted molar refractivity (Wildman–Crippen MR) is 41.9 cm³/mol. The van der Waals surface area contributed by atoms with E-state index in [9.17, 15) is 17.6 Å². The zero-order valence-corrected chi connectivity index (χ0v) is 7.37. The summed E-state index contributed by atoms with van der Waals surface area (Å²) in [5, 5.41) is 8.63. The second kappa shape index (κ2) is 3.86. The molecule has 0 unspecified atom stereocenters. The fraction of sp³-hybridized carbons (Fsp3) is 0.333. The fourth-order valence-corrected chi connectivity index (χ4v) is 1.14. The van der Waals surface area contributed by atoms with Crippen molar-refractivity contribution in [2.45, 2.75) is 19.8 Å². The summed E-state index contributed by atoms with van der Waals surface area (Å²) >= 11 is 0. The zero-order chi connectivity index (χ0) is 10.9. The van der Waals surface area contributed by atoms with E-state index >= 15 is 0 Å². The van der Waals surface area contributed by atoms with Gasteiger partial charge in [0.05, 0.1) is 0 Å². The van der Waals surface area contributed by atoms with E-state index in [-0.39, 0.29) is 6.42 Å². The highest BCUT2D eigenvalue weighted by atomic mass is 19.2. The molecule has 1 rings (SSSR count). The second-order valence-electron chi connectivity index (χ2n) is 2.83. The van der Waals surface area contributed by atoms with Crippen LogP contribution in [0, 0.1) is 23.3 Å². The summed E-state index contributed by atoms with van der Waals surface area (Å²) in [6.45, 7) is 1.61. The van der Waals surface area contributed by atoms with Gasteiger partial charge in [0.25, 0.3) is 0 Å². The Morgan fingerprint density at radius 2 is 1.36 bits per heavy atom. The largest absolute Gasteiger partial charge is 0.503 e. The Labute approximate surface area is 78.0 Å². The van der Waals surface area contributed by atoms with Gasteiger partial charge in [0.15, 0.2) is 17.4 Å². The number of phenols is 1. The summed E-state index contributed by atoms with van der Waals surface area (Å²) in [6, 6.07) is 0. The average Bonchev–Trinajstić information content (AvgIpc) is 2.19. The van der Waals surface area contributed by atoms with Crippen molar-refractivity contribution in [1.82, 2.24) is 0 Å². The molecular formula is C9H8F4O. The molecule has 0 atom stereocenters. The van der Waals surface area contributed by atoms with E-state index in [1.54, 1.807) is 6.92 Å². The lowest BCUT2D eigenvalue weighted by Gasteiger charge is -2.07. The second-order valence-corrected chi connectivity index (χ2v) is 2.83. The molecule has 1 aromatic rings. The molecule has 0 aromatic heterocycles. The topological polar surface area (TPSA) is 20.2 Å². The molecule has 1 aromatic carbocycles. The summed E-state index contributed by atoms with van der Waals surface area (Å²) in [4.78, 5) is 0. The predicted octanol–water partition coefficient (Wildman–Crippen LogP) is 2.90. The average molecular weight is 208 g/mol. The van der Waals surface area contributed by atoms with Crippen LogP contribution < -0.4 is 0 Å². The van der Waals surface area contributed by atoms with Gasteiger partial charge in [-0.2, -0.15) is 8.78 Å². The van der Waals surface area contributed by atoms with E-state index in [1.807, 2.05) is 0 Å². The van der Waals surface area contributed by atoms with Crippen molar-refractivity contribution < 1.29 is 22.7 Å². The number of aromatic hydroxyl groups is 1. The molecule has 1 nitrogen and oxygen atoms in total. The SMILES string of the molecule is CCCc1c(F)c(F)c(O)c(F)c1F. The van der Waals surface area contributed by atoms with Crippen molar-refractivity contribution in [1.29, 1.82) is 0 Å². The molecule has 0 heterocycles. The van der Waals surface area contributed by atoms with Crippen LogP contribution in [0.3, 0.4) is 0 Å². The lowest BCUT2D eigenvalue weighted by molar-refractivity contribution is 0.350. The number of halogens is 4. The lowest BCUT2D eigenvalue weighted by atomic mass is 10.1. The fourth-order valence-electron chi connectivity index (χ4n) is 1.14. The maximum atomic E-state index is 12.9. The quantitative estimate of drug-likeness (QED) is 0.585. The van der Waals surface area contributed by atoms with E-state index < -0.39 is 34.6 Å². The minimum Gasteiger partial charge on any atom is -0.503 e. The first-order chi connectivity index (χ1) is 6.50. The highest BCUT2D eigenvalue weighted by Crippen LogP contribution is 2.29. The number of hydrogen-bond acceptors (Lipinski definition) is 1. The molecule has 0 fully saturated rings. The number of hydrogen-bond donors (Lipinski definition) is 1. The van der Waals surface area contributed by atoms with Crippen LogP contribution in [-0.4, -0.2) is 5.11 Å². The van der Waals surface area contributed by atoms with Crippen LogP contribution >= 0.6 is 0 Å². The van der Waals surface area contributed by atoms with Gasteiger partial charge >= 0.3 is 0 Å². The van der Waals surface area contributed by atoms with Gasteiger partial charge in [0.1, 0.15) is 0 Å². The monoisotopic (exact) mass is 208 g/mol. The Kier molecular flexibility index (Phi) is 2.98. The Morgan fingerprint density at radius 1 is 0.929 bits per heavy atom. The zero-order valence-electron chi connectivity index (χ0n) is 7.37. The molecule has 0 saturated heterocycles. The van der Waals surface area contributed by atoms with Gasteiger partial charge in [-0.3, -0.25) is 0 Å². The van der Waals surface area contributed by atoms with Gasteiger partial charge < -0.3 is 5.11 Å². The van der Waals surface area contributed by atoms with E-state index in [2.05, 4.69) is 0 Å². The Bertz CT molecular complexity index is 333. The molecule has 14 heavy (non-hydrogen) atoms. The third-order valence-corrected chi connectivity index (χ3v) is 1.83. The molecule has 0 spiro atoms. The Hall–Kier alpha value is -1.26. The summed E-state index contributed by atoms with van der Waals surface area (Å²) in [6.07, 6.45) is 0.225. The van der Waals surface area contributed by atoms with Gasteiger partial charge in [-0.05, 0) is 6.42 Å². The van der Waals surface area contributed by atoms with Crippen LogP contribution in [0.4, 0.5) is 17.6 Å². The van der Waals surface area contributed by atoms with E-state index in [1.165, 1.54) is 0 Å². The first-order valence-corrected chi connectivity index (χ1v) is 4.04. The summed E-state index contributed by atoms with van der Waals surface area (Å²) < 4.78 is 51.3. The van der Waals surface area contributed by atoms with E-state index in [0.29, 0.717) is 6.42 Å². The first-order valence-electron chi connectivity index (χ1n) is 4.04. The highest BCUT2D eigenvalue weighted by molar-refractivity contribution is 5.33. The van der Waals surface area contributed by atoms with Crippen molar-refractivity contribution in [3.05, 3.63) is 28.8 Å². The van der Waals surface area contributed by atoms with Gasteiger partial charge in [0, 0.05) is 5.56 Å². The summed E-state index contributed by atoms with van der Waals surface area (Å²) in [5.41, 5.74) is -0.666. The molecule has 0 radical (unpaired) electrons. The molecular weight excluding hydrogens is 200 g/mol. The standard InChI is InChI=1S/C9H8F4O/c1-2-3-4-5(10)7(12)9(14)8(13)6(4)11/h14H,2-3H2,1H3. The maximum absolute atomic E-state index is 12.9. The Morgan fingerprint density at radius 3 is 1.71 bits per heavy atom. The molecule has 0 saturated carbocycles. The molecule has 0 aliphatic carbocycles. The molecule has 0 aliphatic rings. The Balaban J connectivity index is 3.43. The smallest absolute Gasteiger partial charge is 0.203 e. The van der Waals surface area contributed by atoms with Gasteiger partial charge in [-0.25, -0.2) is 8.78 Å². The third-order valence-electron chi connectivity index (χ3n) is 1.83. The lowest BCUT2D eigenvalue weighted by Crippen LogP contribution is -2.03. The van der Waals surface area contributed by atoms with Crippen molar-refractivity contribution in [3.8, 4) is 5.75 Å². The highest BCUT2D eigenvalue weighted by Gasteiger charge is 2.24. The minimum atomic E-state index is -1.74. The maximum Gasteiger partial charge on any atom is 0.203 e. The first kappa shape index (κ1) is 10.8. The number of rotatable bonds is 2. The van der Waals surface area contributed by atoms with Crippen LogP contribution in [0.1, 0.15) is 18.9 Å². The molecule has 5 heteroatoms. The van der Waals surface area contributed by atoms with Crippen molar-refractivity contribution >= 4 is 0 Å². The van der Waals surface area contributed by atoms with Crippen molar-refractivity contribution in [3.63, 3.8) is 0 Å². The molecule has 78 valence electrons. The normalized spacial score (nSPS) is 10.6. The minimum absolute atomic E-state index is 0.119. The number of phenolic OH excluding ortho intramolecular Hbond substituents is 1. The van der Waals surface area contributed by atoms with Crippen LogP contribution in [0.25, 0.3) is 0 Å². The van der Waals surface area contributed by atoms with E-state index in [4.69, 9.17) is 5.11 Å². The molecule has 0 aliphatic heterocycles. The van der Waals surface area contributed by atoms with Crippen LogP contribution in [-0.2, 0) is 6.42 Å². The van der Waals surface area contributed by atoms with Gasteiger partial charge in [-0.1, -0.05) is 13.3 Å².